The molecule has 0 aromatic heterocycles. The van der Waals surface area contributed by atoms with E-state index in [1.807, 2.05) is 6.08 Å². The van der Waals surface area contributed by atoms with E-state index in [0.29, 0.717) is 12.7 Å². The summed E-state index contributed by atoms with van der Waals surface area (Å²) in [5.41, 5.74) is 2.93. The summed E-state index contributed by atoms with van der Waals surface area (Å²) in [5, 5.41) is 0. The summed E-state index contributed by atoms with van der Waals surface area (Å²) >= 11 is 0. The lowest BCUT2D eigenvalue weighted by Crippen LogP contribution is -2.43. The van der Waals surface area contributed by atoms with E-state index in [-0.39, 0.29) is 18.3 Å². The zero-order valence-corrected chi connectivity index (χ0v) is 11.9. The minimum atomic E-state index is -0.262. The quantitative estimate of drug-likeness (QED) is 0.562. The van der Waals surface area contributed by atoms with Gasteiger partial charge in [-0.15, -0.1) is 13.2 Å². The highest BCUT2D eigenvalue weighted by Crippen LogP contribution is 2.08. The Morgan fingerprint density at radius 1 is 0.905 bits per heavy atom. The van der Waals surface area contributed by atoms with E-state index in [9.17, 15) is 8.78 Å². The van der Waals surface area contributed by atoms with Gasteiger partial charge in [-0.2, -0.15) is 0 Å². The first-order valence-electron chi connectivity index (χ1n) is 6.91. The topological polar surface area (TPSA) is 0 Å². The second kappa shape index (κ2) is 7.03. The van der Waals surface area contributed by atoms with Crippen LogP contribution < -0.4 is 10.9 Å². The van der Waals surface area contributed by atoms with Crippen LogP contribution in [0.3, 0.4) is 0 Å². The molecule has 0 saturated carbocycles. The van der Waals surface area contributed by atoms with Crippen molar-refractivity contribution in [2.24, 2.45) is 0 Å². The largest absolute Gasteiger partial charge is 0.213 e. The van der Waals surface area contributed by atoms with Crippen molar-refractivity contribution in [2.45, 2.75) is 12.7 Å². The molecule has 0 N–H and O–H groups in total. The predicted molar refractivity (Wildman–Crippen MR) is 86.7 cm³/mol. The molecular weight excluding hydrogens is 265 g/mol. The molecule has 0 heterocycles. The Morgan fingerprint density at radius 3 is 2.19 bits per heavy atom. The predicted octanol–water partition coefficient (Wildman–Crippen LogP) is 3.49. The minimum Gasteiger partial charge on any atom is -0.207 e. The maximum Gasteiger partial charge on any atom is 0.213 e. The molecular formula is C18H17BF2. The van der Waals surface area contributed by atoms with Crippen molar-refractivity contribution in [3.05, 3.63) is 85.0 Å². The smallest absolute Gasteiger partial charge is 0.207 e. The molecule has 0 radical (unpaired) electrons. The molecule has 0 unspecified atom stereocenters. The Bertz CT molecular complexity index is 632. The standard InChI is InChI=1S/C18H17BF2/c1-3-5-14-13-17(21)10-11-18(14)19(12-4-2)15-6-8-16(20)9-7-15/h3-4,6-11,13H,1-2,5,12H2. The zero-order valence-electron chi connectivity index (χ0n) is 11.9. The van der Waals surface area contributed by atoms with Crippen LogP contribution in [-0.2, 0) is 6.42 Å². The molecule has 106 valence electrons. The first-order valence-corrected chi connectivity index (χ1v) is 6.91. The molecule has 0 fully saturated rings. The van der Waals surface area contributed by atoms with Gasteiger partial charge in [0.05, 0.1) is 0 Å². The molecule has 0 aliphatic heterocycles. The van der Waals surface area contributed by atoms with Crippen molar-refractivity contribution >= 4 is 17.6 Å². The van der Waals surface area contributed by atoms with Crippen LogP contribution in [0.15, 0.2) is 67.8 Å². The van der Waals surface area contributed by atoms with Crippen molar-refractivity contribution in [3.8, 4) is 0 Å². The lowest BCUT2D eigenvalue weighted by molar-refractivity contribution is 0.626. The highest BCUT2D eigenvalue weighted by atomic mass is 19.1. The number of halogens is 2. The van der Waals surface area contributed by atoms with E-state index >= 15 is 0 Å². The molecule has 21 heavy (non-hydrogen) atoms. The van der Waals surface area contributed by atoms with Crippen molar-refractivity contribution in [1.29, 1.82) is 0 Å². The van der Waals surface area contributed by atoms with Gasteiger partial charge in [0.15, 0.2) is 0 Å². The van der Waals surface area contributed by atoms with Crippen molar-refractivity contribution in [2.75, 3.05) is 0 Å². The fourth-order valence-electron chi connectivity index (χ4n) is 2.55. The molecule has 2 aromatic carbocycles. The van der Waals surface area contributed by atoms with Gasteiger partial charge in [-0.05, 0) is 42.6 Å². The van der Waals surface area contributed by atoms with Gasteiger partial charge in [-0.25, -0.2) is 8.78 Å². The summed E-state index contributed by atoms with van der Waals surface area (Å²) in [5.74, 6) is -0.520. The van der Waals surface area contributed by atoms with E-state index in [1.165, 1.54) is 24.3 Å². The van der Waals surface area contributed by atoms with Crippen molar-refractivity contribution < 1.29 is 8.78 Å². The van der Waals surface area contributed by atoms with Gasteiger partial charge in [-0.3, -0.25) is 0 Å². The van der Waals surface area contributed by atoms with Crippen LogP contribution in [0, 0.1) is 11.6 Å². The molecule has 0 bridgehead atoms. The molecule has 0 aliphatic carbocycles. The molecule has 2 rings (SSSR count). The molecule has 0 amide bonds. The Hall–Kier alpha value is -2.16. The lowest BCUT2D eigenvalue weighted by Gasteiger charge is -2.17. The van der Waals surface area contributed by atoms with Gasteiger partial charge in [0.1, 0.15) is 11.6 Å². The Labute approximate surface area is 124 Å². The lowest BCUT2D eigenvalue weighted by atomic mass is 9.38. The molecule has 0 atom stereocenters. The highest BCUT2D eigenvalue weighted by molar-refractivity contribution is 6.85. The first-order chi connectivity index (χ1) is 10.2. The third-order valence-corrected chi connectivity index (χ3v) is 3.52. The number of hydrogen-bond acceptors (Lipinski definition) is 0. The van der Waals surface area contributed by atoms with Crippen LogP contribution >= 0.6 is 0 Å². The second-order valence-corrected chi connectivity index (χ2v) is 4.96. The normalized spacial score (nSPS) is 10.2. The SMILES string of the molecule is C=CCB(c1ccc(F)cc1)c1ccc(F)cc1CC=C. The summed E-state index contributed by atoms with van der Waals surface area (Å²) in [4.78, 5) is 0. The highest BCUT2D eigenvalue weighted by Gasteiger charge is 2.20. The van der Waals surface area contributed by atoms with Crippen LogP contribution in [0.25, 0.3) is 0 Å². The average molecular weight is 282 g/mol. The van der Waals surface area contributed by atoms with Crippen molar-refractivity contribution in [3.63, 3.8) is 0 Å². The van der Waals surface area contributed by atoms with E-state index in [1.54, 1.807) is 24.3 Å². The molecule has 0 nitrogen and oxygen atoms in total. The molecule has 2 aromatic rings. The Balaban J connectivity index is 2.49. The summed E-state index contributed by atoms with van der Waals surface area (Å²) in [7, 11) is 0. The van der Waals surface area contributed by atoms with E-state index < -0.39 is 0 Å². The number of rotatable bonds is 6. The van der Waals surface area contributed by atoms with E-state index in [2.05, 4.69) is 13.2 Å². The Kier molecular flexibility index (Phi) is 5.10. The van der Waals surface area contributed by atoms with Gasteiger partial charge < -0.3 is 0 Å². The zero-order chi connectivity index (χ0) is 15.2. The molecule has 0 saturated heterocycles. The molecule has 0 aliphatic rings. The van der Waals surface area contributed by atoms with Gasteiger partial charge in [0.2, 0.25) is 6.71 Å². The maximum absolute atomic E-state index is 13.5. The Morgan fingerprint density at radius 2 is 1.57 bits per heavy atom. The molecule has 3 heteroatoms. The summed E-state index contributed by atoms with van der Waals surface area (Å²) < 4.78 is 26.6. The summed E-state index contributed by atoms with van der Waals surface area (Å²) in [6.07, 6.45) is 4.90. The number of benzene rings is 2. The fraction of sp³-hybridized carbons (Fsp3) is 0.111. The van der Waals surface area contributed by atoms with Crippen molar-refractivity contribution in [1.82, 2.24) is 0 Å². The van der Waals surface area contributed by atoms with E-state index in [4.69, 9.17) is 0 Å². The van der Waals surface area contributed by atoms with Crippen LogP contribution in [0.4, 0.5) is 8.78 Å². The van der Waals surface area contributed by atoms with Gasteiger partial charge in [0, 0.05) is 0 Å². The molecule has 0 spiro atoms. The monoisotopic (exact) mass is 282 g/mol. The minimum absolute atomic E-state index is 0.0404. The van der Waals surface area contributed by atoms with E-state index in [0.717, 1.165) is 16.5 Å². The average Bonchev–Trinajstić information content (AvgIpc) is 2.47. The van der Waals surface area contributed by atoms with Gasteiger partial charge in [-0.1, -0.05) is 41.3 Å². The van der Waals surface area contributed by atoms with Crippen LogP contribution in [-0.4, -0.2) is 6.71 Å². The van der Waals surface area contributed by atoms with Gasteiger partial charge >= 0.3 is 0 Å². The number of allylic oxidation sites excluding steroid dienone is 2. The van der Waals surface area contributed by atoms with Gasteiger partial charge in [0.25, 0.3) is 0 Å². The fourth-order valence-corrected chi connectivity index (χ4v) is 2.55. The summed E-state index contributed by atoms with van der Waals surface area (Å²) in [6.45, 7) is 7.56. The van der Waals surface area contributed by atoms with Crippen LogP contribution in [0.1, 0.15) is 5.56 Å². The van der Waals surface area contributed by atoms with Crippen LogP contribution in [0.2, 0.25) is 6.32 Å². The van der Waals surface area contributed by atoms with Crippen LogP contribution in [0.5, 0.6) is 0 Å². The number of hydrogen-bond donors (Lipinski definition) is 0. The second-order valence-electron chi connectivity index (χ2n) is 4.96. The third-order valence-electron chi connectivity index (χ3n) is 3.52. The third kappa shape index (κ3) is 3.69. The summed E-state index contributed by atoms with van der Waals surface area (Å²) in [6, 6.07) is 11.2. The maximum atomic E-state index is 13.5. The first kappa shape index (κ1) is 15.2.